The standard InChI is InChI=1S/C25H18N2O6S/c1-2-25(30)16-6-18-22-14(8-27(18)23(28)15(16)9-31-24(25)29)21(12-3-4-34-10-12)13-5-19-20(33-11-32-19)7-17(13)26-22/h3-7,10,30H,2,8-9,11H2,1H3/t25-/m0/s1. The Kier molecular flexibility index (Phi) is 3.88. The molecule has 0 spiro atoms. The van der Waals surface area contributed by atoms with Gasteiger partial charge in [0.25, 0.3) is 5.56 Å². The molecule has 34 heavy (non-hydrogen) atoms. The van der Waals surface area contributed by atoms with E-state index in [4.69, 9.17) is 19.2 Å². The van der Waals surface area contributed by atoms with E-state index in [1.54, 1.807) is 28.9 Å². The van der Waals surface area contributed by atoms with Gasteiger partial charge in [0.05, 0.1) is 29.0 Å². The molecule has 0 unspecified atom stereocenters. The van der Waals surface area contributed by atoms with Gasteiger partial charge < -0.3 is 23.9 Å². The van der Waals surface area contributed by atoms with Crippen molar-refractivity contribution in [1.82, 2.24) is 9.55 Å². The van der Waals surface area contributed by atoms with E-state index in [1.807, 2.05) is 23.6 Å². The summed E-state index contributed by atoms with van der Waals surface area (Å²) in [5.74, 6) is 0.556. The minimum absolute atomic E-state index is 0.101. The van der Waals surface area contributed by atoms with Gasteiger partial charge in [0, 0.05) is 22.6 Å². The maximum Gasteiger partial charge on any atom is 0.343 e. The summed E-state index contributed by atoms with van der Waals surface area (Å²) in [5, 5.41) is 16.1. The number of fused-ring (bicyclic) bond motifs is 6. The zero-order valence-electron chi connectivity index (χ0n) is 18.1. The van der Waals surface area contributed by atoms with Crippen LogP contribution in [-0.4, -0.2) is 27.4 Å². The summed E-state index contributed by atoms with van der Waals surface area (Å²) in [6.45, 7) is 2.03. The van der Waals surface area contributed by atoms with Crippen molar-refractivity contribution in [1.29, 1.82) is 0 Å². The molecule has 1 atom stereocenters. The van der Waals surface area contributed by atoms with Gasteiger partial charge in [0.2, 0.25) is 6.79 Å². The van der Waals surface area contributed by atoms with E-state index in [1.165, 1.54) is 0 Å². The first kappa shape index (κ1) is 19.7. The average Bonchev–Trinajstić information content (AvgIpc) is 3.59. The monoisotopic (exact) mass is 474 g/mol. The van der Waals surface area contributed by atoms with E-state index in [9.17, 15) is 14.7 Å². The van der Waals surface area contributed by atoms with Gasteiger partial charge in [-0.05, 0) is 46.5 Å². The smallest absolute Gasteiger partial charge is 0.343 e. The number of rotatable bonds is 2. The lowest BCUT2D eigenvalue weighted by Crippen LogP contribution is -2.44. The molecule has 0 amide bonds. The second-order valence-corrected chi connectivity index (χ2v) is 9.43. The van der Waals surface area contributed by atoms with Crippen molar-refractivity contribution < 1.29 is 24.1 Å². The van der Waals surface area contributed by atoms with Crippen molar-refractivity contribution in [3.63, 3.8) is 0 Å². The lowest BCUT2D eigenvalue weighted by Gasteiger charge is -2.31. The normalized spacial score (nSPS) is 19.6. The number of hydrogen-bond donors (Lipinski definition) is 1. The van der Waals surface area contributed by atoms with Crippen LogP contribution in [0.1, 0.15) is 30.0 Å². The van der Waals surface area contributed by atoms with Crippen LogP contribution in [0.2, 0.25) is 0 Å². The number of ether oxygens (including phenoxy) is 3. The molecule has 3 aliphatic heterocycles. The Morgan fingerprint density at radius 1 is 1.15 bits per heavy atom. The van der Waals surface area contributed by atoms with Crippen molar-refractivity contribution >= 4 is 28.2 Å². The maximum absolute atomic E-state index is 13.5. The fourth-order valence-electron chi connectivity index (χ4n) is 5.21. The first-order valence-electron chi connectivity index (χ1n) is 11.0. The highest BCUT2D eigenvalue weighted by molar-refractivity contribution is 7.08. The summed E-state index contributed by atoms with van der Waals surface area (Å²) in [6.07, 6.45) is 0.101. The molecule has 0 bridgehead atoms. The number of benzene rings is 1. The van der Waals surface area contributed by atoms with Gasteiger partial charge in [-0.2, -0.15) is 11.3 Å². The van der Waals surface area contributed by atoms with Crippen molar-refractivity contribution in [2.75, 3.05) is 6.79 Å². The zero-order valence-corrected chi connectivity index (χ0v) is 18.9. The fourth-order valence-corrected chi connectivity index (χ4v) is 5.85. The number of esters is 1. The molecule has 1 N–H and O–H groups in total. The van der Waals surface area contributed by atoms with Crippen molar-refractivity contribution in [3.8, 4) is 34.0 Å². The van der Waals surface area contributed by atoms with E-state index >= 15 is 0 Å². The second-order valence-electron chi connectivity index (χ2n) is 8.65. The minimum Gasteiger partial charge on any atom is -0.458 e. The Labute approximate surface area is 197 Å². The van der Waals surface area contributed by atoms with Gasteiger partial charge >= 0.3 is 5.97 Å². The Balaban J connectivity index is 1.56. The van der Waals surface area contributed by atoms with Crippen LogP contribution in [0.25, 0.3) is 33.4 Å². The minimum atomic E-state index is -1.86. The summed E-state index contributed by atoms with van der Waals surface area (Å²) >= 11 is 1.59. The van der Waals surface area contributed by atoms with E-state index < -0.39 is 11.6 Å². The van der Waals surface area contributed by atoms with E-state index in [2.05, 4.69) is 5.38 Å². The number of carbonyl (C=O) groups is 1. The molecular formula is C25H18N2O6S. The third-order valence-corrected chi connectivity index (χ3v) is 7.67. The molecule has 170 valence electrons. The van der Waals surface area contributed by atoms with E-state index in [0.29, 0.717) is 46.1 Å². The SMILES string of the molecule is CC[C@@]1(O)C(=O)OCc2c1cc1n(c2=O)Cc2c-1nc1cc3c(cc1c2-c1ccsc1)OCO3. The number of aromatic nitrogens is 2. The number of aliphatic hydroxyl groups is 1. The molecule has 3 aliphatic rings. The topological polar surface area (TPSA) is 99.9 Å². The van der Waals surface area contributed by atoms with Crippen LogP contribution >= 0.6 is 11.3 Å². The quantitative estimate of drug-likeness (QED) is 0.391. The summed E-state index contributed by atoms with van der Waals surface area (Å²) in [4.78, 5) is 30.9. The van der Waals surface area contributed by atoms with Crippen LogP contribution in [0.4, 0.5) is 0 Å². The fraction of sp³-hybridized carbons (Fsp3) is 0.240. The summed E-state index contributed by atoms with van der Waals surface area (Å²) in [7, 11) is 0. The predicted molar refractivity (Wildman–Crippen MR) is 124 cm³/mol. The van der Waals surface area contributed by atoms with E-state index in [0.717, 1.165) is 22.1 Å². The molecular weight excluding hydrogens is 456 g/mol. The van der Waals surface area contributed by atoms with E-state index in [-0.39, 0.29) is 25.4 Å². The number of hydrogen-bond acceptors (Lipinski definition) is 8. The largest absolute Gasteiger partial charge is 0.458 e. The molecule has 0 radical (unpaired) electrons. The molecule has 4 aromatic rings. The Hall–Kier alpha value is -3.69. The highest BCUT2D eigenvalue weighted by Crippen LogP contribution is 2.46. The first-order chi connectivity index (χ1) is 16.5. The highest BCUT2D eigenvalue weighted by Gasteiger charge is 2.45. The van der Waals surface area contributed by atoms with Crippen LogP contribution in [0.15, 0.2) is 39.8 Å². The van der Waals surface area contributed by atoms with Gasteiger partial charge in [-0.15, -0.1) is 0 Å². The van der Waals surface area contributed by atoms with Gasteiger partial charge in [0.15, 0.2) is 17.1 Å². The molecule has 9 heteroatoms. The zero-order chi connectivity index (χ0) is 23.2. The summed E-state index contributed by atoms with van der Waals surface area (Å²) < 4.78 is 18.0. The van der Waals surface area contributed by atoms with Crippen molar-refractivity contribution in [3.05, 3.63) is 62.1 Å². The molecule has 0 fully saturated rings. The van der Waals surface area contributed by atoms with Crippen molar-refractivity contribution in [2.24, 2.45) is 0 Å². The third-order valence-electron chi connectivity index (χ3n) is 6.99. The van der Waals surface area contributed by atoms with Gasteiger partial charge in [-0.3, -0.25) is 4.79 Å². The third kappa shape index (κ3) is 2.43. The number of pyridine rings is 2. The molecule has 1 aromatic carbocycles. The molecule has 7 rings (SSSR count). The summed E-state index contributed by atoms with van der Waals surface area (Å²) in [5.41, 5.74) is 3.36. The Morgan fingerprint density at radius 2 is 1.97 bits per heavy atom. The molecule has 6 heterocycles. The van der Waals surface area contributed by atoms with Gasteiger partial charge in [-0.25, -0.2) is 9.78 Å². The number of thiophene rings is 1. The second kappa shape index (κ2) is 6.68. The van der Waals surface area contributed by atoms with Crippen LogP contribution < -0.4 is 15.0 Å². The lowest BCUT2D eigenvalue weighted by molar-refractivity contribution is -0.172. The van der Waals surface area contributed by atoms with Crippen LogP contribution in [0, 0.1) is 0 Å². The van der Waals surface area contributed by atoms with Crippen LogP contribution in [0.5, 0.6) is 11.5 Å². The Morgan fingerprint density at radius 3 is 2.74 bits per heavy atom. The van der Waals surface area contributed by atoms with Gasteiger partial charge in [-0.1, -0.05) is 6.92 Å². The highest BCUT2D eigenvalue weighted by atomic mass is 32.1. The van der Waals surface area contributed by atoms with Gasteiger partial charge in [0.1, 0.15) is 6.61 Å². The maximum atomic E-state index is 13.5. The average molecular weight is 474 g/mol. The molecule has 8 nitrogen and oxygen atoms in total. The Bertz CT molecular complexity index is 1610. The first-order valence-corrected chi connectivity index (χ1v) is 11.9. The van der Waals surface area contributed by atoms with Crippen molar-refractivity contribution in [2.45, 2.75) is 32.1 Å². The number of nitrogens with zero attached hydrogens (tertiary/aromatic N) is 2. The summed E-state index contributed by atoms with van der Waals surface area (Å²) in [6, 6.07) is 7.57. The molecule has 0 saturated carbocycles. The lowest BCUT2D eigenvalue weighted by atomic mass is 9.86. The molecule has 0 aliphatic carbocycles. The predicted octanol–water partition coefficient (Wildman–Crippen LogP) is 3.54. The van der Waals surface area contributed by atoms with Crippen LogP contribution in [0.3, 0.4) is 0 Å². The van der Waals surface area contributed by atoms with Crippen LogP contribution in [-0.2, 0) is 28.3 Å². The number of carbonyl (C=O) groups excluding carboxylic acids is 1. The molecule has 3 aromatic heterocycles. The number of cyclic esters (lactones) is 1. The molecule has 0 saturated heterocycles.